The molecule has 0 aromatic heterocycles. The molecule has 0 spiro atoms. The van der Waals surface area contributed by atoms with Crippen LogP contribution in [0.3, 0.4) is 0 Å². The summed E-state index contributed by atoms with van der Waals surface area (Å²) in [5.41, 5.74) is 3.40. The molecule has 1 amide bonds. The molecule has 2 N–H and O–H groups in total. The number of nitrogens with one attached hydrogen (secondary N) is 2. The first kappa shape index (κ1) is 33.9. The number of likely N-dealkylation sites (tertiary alicyclic amines) is 1. The third-order valence-corrected chi connectivity index (χ3v) is 9.50. The molecule has 3 aromatic carbocycles. The Kier molecular flexibility index (Phi) is 12.7. The fourth-order valence-electron chi connectivity index (χ4n) is 5.05. The van der Waals surface area contributed by atoms with Crippen LogP contribution in [-0.4, -0.2) is 62.4 Å². The van der Waals surface area contributed by atoms with Crippen molar-refractivity contribution >= 4 is 33.7 Å². The Balaban J connectivity index is 0.00000484. The van der Waals surface area contributed by atoms with Crippen LogP contribution in [0, 0.1) is 6.92 Å². The number of nitrogens with zero attached hydrogens (tertiary/aromatic N) is 1. The fourth-order valence-corrected chi connectivity index (χ4v) is 6.85. The average molecular weight is 602 g/mol. The van der Waals surface area contributed by atoms with Gasteiger partial charge in [-0.25, -0.2) is 13.1 Å². The van der Waals surface area contributed by atoms with Crippen LogP contribution >= 0.6 is 11.8 Å². The van der Waals surface area contributed by atoms with Crippen molar-refractivity contribution in [1.29, 1.82) is 0 Å². The van der Waals surface area contributed by atoms with Gasteiger partial charge in [0, 0.05) is 31.2 Å². The number of amides is 1. The number of carbonyl (C=O) groups is 2. The standard InChI is InChI=1S/C31H37N3O5S2.Li/c1-22-8-6-7-11-26(22)28-20-25(12-13-27(28)30(35)32-29(31(36)37)16-19-40-2)41(38,39)33-24-14-17-34(18-15-24)21-23-9-4-3-5-10-23;/h3-13,20,24,29,33H,14-19,21H2,1-2H3,(H,32,35)(H,36,37);/q;+1/p-1. The van der Waals surface area contributed by atoms with Gasteiger partial charge in [0.2, 0.25) is 10.0 Å². The first-order chi connectivity index (χ1) is 19.7. The average Bonchev–Trinajstić information content (AvgIpc) is 2.96. The van der Waals surface area contributed by atoms with Crippen LogP contribution in [0.15, 0.2) is 77.7 Å². The number of hydrogen-bond acceptors (Lipinski definition) is 7. The summed E-state index contributed by atoms with van der Waals surface area (Å²) in [7, 11) is -3.88. The largest absolute Gasteiger partial charge is 1.00 e. The van der Waals surface area contributed by atoms with E-state index in [0.29, 0.717) is 29.7 Å². The number of aliphatic carboxylic acids is 1. The number of thioether (sulfide) groups is 1. The van der Waals surface area contributed by atoms with Gasteiger partial charge in [-0.2, -0.15) is 11.8 Å². The first-order valence-electron chi connectivity index (χ1n) is 13.7. The first-order valence-corrected chi connectivity index (χ1v) is 16.5. The van der Waals surface area contributed by atoms with Crippen LogP contribution in [0.1, 0.15) is 40.7 Å². The van der Waals surface area contributed by atoms with Crippen LogP contribution in [0.25, 0.3) is 11.1 Å². The van der Waals surface area contributed by atoms with E-state index in [2.05, 4.69) is 27.1 Å². The van der Waals surface area contributed by atoms with Crippen LogP contribution in [0.2, 0.25) is 0 Å². The number of carbonyl (C=O) groups excluding carboxylic acids is 2. The van der Waals surface area contributed by atoms with Gasteiger partial charge >= 0.3 is 18.9 Å². The molecule has 0 saturated carbocycles. The van der Waals surface area contributed by atoms with Gasteiger partial charge < -0.3 is 15.2 Å². The molecule has 3 aromatic rings. The van der Waals surface area contributed by atoms with E-state index >= 15 is 0 Å². The number of carboxylic acid groups (broad SMARTS) is 1. The molecule has 1 atom stereocenters. The van der Waals surface area contributed by atoms with Crippen molar-refractivity contribution in [2.75, 3.05) is 25.1 Å². The second-order valence-corrected chi connectivity index (χ2v) is 13.0. The van der Waals surface area contributed by atoms with Gasteiger partial charge in [-0.15, -0.1) is 0 Å². The zero-order valence-corrected chi connectivity index (χ0v) is 26.0. The Morgan fingerprint density at radius 1 is 1.00 bits per heavy atom. The molecule has 1 aliphatic heterocycles. The third kappa shape index (κ3) is 8.96. The number of piperidine rings is 1. The van der Waals surface area contributed by atoms with Crippen molar-refractivity contribution in [2.24, 2.45) is 0 Å². The number of carboxylic acids is 1. The van der Waals surface area contributed by atoms with Gasteiger partial charge in [0.1, 0.15) is 0 Å². The van der Waals surface area contributed by atoms with Crippen molar-refractivity contribution in [3.63, 3.8) is 0 Å². The molecule has 11 heteroatoms. The van der Waals surface area contributed by atoms with Crippen molar-refractivity contribution in [3.05, 3.63) is 89.5 Å². The minimum absolute atomic E-state index is 0. The molecule has 0 radical (unpaired) electrons. The number of rotatable bonds is 12. The van der Waals surface area contributed by atoms with Crippen LogP contribution in [0.5, 0.6) is 0 Å². The summed E-state index contributed by atoms with van der Waals surface area (Å²) in [5, 5.41) is 14.2. The molecule has 1 unspecified atom stereocenters. The monoisotopic (exact) mass is 601 g/mol. The number of aryl methyl sites for hydroxylation is 1. The number of sulfonamides is 1. The van der Waals surface area contributed by atoms with Gasteiger partial charge in [0.15, 0.2) is 0 Å². The van der Waals surface area contributed by atoms with Gasteiger partial charge in [0.25, 0.3) is 5.91 Å². The summed E-state index contributed by atoms with van der Waals surface area (Å²) < 4.78 is 29.9. The molecule has 1 heterocycles. The summed E-state index contributed by atoms with van der Waals surface area (Å²) in [6.45, 7) is 4.28. The molecular weight excluding hydrogens is 565 g/mol. The van der Waals surface area contributed by atoms with Crippen molar-refractivity contribution in [1.82, 2.24) is 14.9 Å². The van der Waals surface area contributed by atoms with Gasteiger partial charge in [-0.3, -0.25) is 9.69 Å². The van der Waals surface area contributed by atoms with E-state index in [1.807, 2.05) is 55.6 Å². The van der Waals surface area contributed by atoms with E-state index in [4.69, 9.17) is 0 Å². The molecule has 1 saturated heterocycles. The summed E-state index contributed by atoms with van der Waals surface area (Å²) in [4.78, 5) is 27.3. The predicted octanol–water partition coefficient (Wildman–Crippen LogP) is 0.210. The quantitative estimate of drug-likeness (QED) is 0.285. The van der Waals surface area contributed by atoms with Gasteiger partial charge in [0.05, 0.1) is 16.9 Å². The maximum atomic E-state index is 13.5. The minimum Gasteiger partial charge on any atom is -0.548 e. The van der Waals surface area contributed by atoms with Crippen LogP contribution in [0.4, 0.5) is 0 Å². The fraction of sp³-hybridized carbons (Fsp3) is 0.355. The molecule has 0 aliphatic carbocycles. The summed E-state index contributed by atoms with van der Waals surface area (Å²) in [5.74, 6) is -1.42. The molecule has 8 nitrogen and oxygen atoms in total. The Morgan fingerprint density at radius 3 is 2.31 bits per heavy atom. The topological polar surface area (TPSA) is 119 Å². The Hall–Kier alpha value is -2.58. The normalized spacial score (nSPS) is 15.0. The summed E-state index contributed by atoms with van der Waals surface area (Å²) in [6, 6.07) is 20.6. The van der Waals surface area contributed by atoms with Gasteiger partial charge in [-0.05, 0) is 78.6 Å². The molecular formula is C31H36LiN3O5S2. The van der Waals surface area contributed by atoms with Crippen molar-refractivity contribution in [3.8, 4) is 11.1 Å². The van der Waals surface area contributed by atoms with E-state index in [9.17, 15) is 23.1 Å². The molecule has 1 aliphatic rings. The molecule has 1 fully saturated rings. The van der Waals surface area contributed by atoms with E-state index in [1.54, 1.807) is 0 Å². The second-order valence-electron chi connectivity index (χ2n) is 10.3. The summed E-state index contributed by atoms with van der Waals surface area (Å²) in [6.07, 6.45) is 3.46. The predicted molar refractivity (Wildman–Crippen MR) is 161 cm³/mol. The van der Waals surface area contributed by atoms with Crippen molar-refractivity contribution in [2.45, 2.75) is 49.7 Å². The second kappa shape index (κ2) is 15.8. The van der Waals surface area contributed by atoms with E-state index in [0.717, 1.165) is 25.2 Å². The van der Waals surface area contributed by atoms with Crippen LogP contribution < -0.4 is 34.0 Å². The van der Waals surface area contributed by atoms with Gasteiger partial charge in [-0.1, -0.05) is 54.6 Å². The van der Waals surface area contributed by atoms with E-state index < -0.39 is 27.9 Å². The minimum atomic E-state index is -3.88. The Labute approximate surface area is 264 Å². The van der Waals surface area contributed by atoms with E-state index in [1.165, 1.54) is 35.5 Å². The molecule has 0 bridgehead atoms. The molecule has 4 rings (SSSR count). The zero-order valence-electron chi connectivity index (χ0n) is 24.3. The third-order valence-electron chi connectivity index (χ3n) is 7.34. The smallest absolute Gasteiger partial charge is 0.548 e. The SMILES string of the molecule is CSCCC(NC(=O)c1ccc(S(=O)(=O)NC2CCN(Cc3ccccc3)CC2)cc1-c1ccccc1C)C(=O)[O-].[Li+]. The maximum Gasteiger partial charge on any atom is 1.00 e. The Bertz CT molecular complexity index is 1460. The van der Waals surface area contributed by atoms with Crippen molar-refractivity contribution < 1.29 is 42.0 Å². The van der Waals surface area contributed by atoms with E-state index in [-0.39, 0.29) is 41.8 Å². The Morgan fingerprint density at radius 2 is 1.67 bits per heavy atom. The number of hydrogen-bond donors (Lipinski definition) is 2. The summed E-state index contributed by atoms with van der Waals surface area (Å²) >= 11 is 1.47. The number of benzene rings is 3. The van der Waals surface area contributed by atoms with Crippen LogP contribution in [-0.2, 0) is 21.4 Å². The zero-order chi connectivity index (χ0) is 29.4. The molecule has 218 valence electrons. The maximum absolute atomic E-state index is 13.5. The molecule has 42 heavy (non-hydrogen) atoms.